The summed E-state index contributed by atoms with van der Waals surface area (Å²) in [4.78, 5) is 0. The van der Waals surface area contributed by atoms with Gasteiger partial charge in [0.25, 0.3) is 0 Å². The van der Waals surface area contributed by atoms with Crippen LogP contribution < -0.4 is 8.37 Å². The van der Waals surface area contributed by atoms with Gasteiger partial charge in [-0.3, -0.25) is 0 Å². The van der Waals surface area contributed by atoms with E-state index in [1.807, 2.05) is 84.9 Å². The number of hydrogen-bond acceptors (Lipinski definition) is 6. The van der Waals surface area contributed by atoms with Crippen molar-refractivity contribution in [3.05, 3.63) is 130 Å². The fraction of sp³-hybridized carbons (Fsp3) is 0.172. The quantitative estimate of drug-likeness (QED) is 0.223. The Morgan fingerprint density at radius 3 is 1.16 bits per heavy atom. The molecular formula is C29H28O6S2. The van der Waals surface area contributed by atoms with Crippen LogP contribution in [0.3, 0.4) is 0 Å². The molecule has 0 heterocycles. The predicted molar refractivity (Wildman–Crippen MR) is 145 cm³/mol. The molecule has 0 N–H and O–H groups in total. The van der Waals surface area contributed by atoms with E-state index in [9.17, 15) is 16.8 Å². The predicted octanol–water partition coefficient (Wildman–Crippen LogP) is 5.36. The topological polar surface area (TPSA) is 86.7 Å². The summed E-state index contributed by atoms with van der Waals surface area (Å²) in [6.45, 7) is 3.61. The van der Waals surface area contributed by atoms with Crippen molar-refractivity contribution < 1.29 is 25.2 Å². The first-order valence-corrected chi connectivity index (χ1v) is 15.2. The van der Waals surface area contributed by atoms with Crippen molar-refractivity contribution >= 4 is 20.2 Å². The van der Waals surface area contributed by atoms with Gasteiger partial charge in [0.05, 0.1) is 17.9 Å². The summed E-state index contributed by atoms with van der Waals surface area (Å²) in [5.74, 6) is 0.517. The van der Waals surface area contributed by atoms with Gasteiger partial charge >= 0.3 is 20.2 Å². The van der Waals surface area contributed by atoms with Crippen LogP contribution in [0.5, 0.6) is 11.5 Å². The highest BCUT2D eigenvalue weighted by Crippen LogP contribution is 2.46. The van der Waals surface area contributed by atoms with Crippen molar-refractivity contribution in [3.8, 4) is 11.5 Å². The standard InChI is InChI=1S/C29H28O6S2/c1-21-19-25(15-17-27(21)34-36(3,30)31)29(23-11-7-5-8-12-23,24-13-9-6-10-14-24)26-16-18-28(22(2)20-26)35-37(4,32)33/h5-20H,1-4H3. The molecule has 0 aliphatic carbocycles. The lowest BCUT2D eigenvalue weighted by molar-refractivity contribution is 0.489. The molecule has 0 amide bonds. The summed E-state index contributed by atoms with van der Waals surface area (Å²) in [7, 11) is -7.39. The molecule has 0 aliphatic heterocycles. The first-order valence-electron chi connectivity index (χ1n) is 11.5. The molecule has 0 fully saturated rings. The second kappa shape index (κ2) is 10.0. The summed E-state index contributed by atoms with van der Waals surface area (Å²) in [6, 6.07) is 30.8. The van der Waals surface area contributed by atoms with E-state index in [1.165, 1.54) is 0 Å². The zero-order chi connectivity index (χ0) is 26.8. The molecule has 4 rings (SSSR count). The number of aryl methyl sites for hydroxylation is 2. The zero-order valence-corrected chi connectivity index (χ0v) is 22.6. The third-order valence-corrected chi connectivity index (χ3v) is 7.08. The minimum absolute atomic E-state index is 0.259. The van der Waals surface area contributed by atoms with Crippen LogP contribution in [0.1, 0.15) is 33.4 Å². The van der Waals surface area contributed by atoms with E-state index in [-0.39, 0.29) is 11.5 Å². The maximum Gasteiger partial charge on any atom is 0.306 e. The summed E-state index contributed by atoms with van der Waals surface area (Å²) < 4.78 is 57.6. The molecule has 0 bridgehead atoms. The fourth-order valence-electron chi connectivity index (χ4n) is 4.65. The maximum atomic E-state index is 11.8. The molecule has 4 aromatic carbocycles. The molecule has 0 aromatic heterocycles. The molecule has 0 saturated heterocycles. The SMILES string of the molecule is Cc1cc(C(c2ccccc2)(c2ccccc2)c2ccc(OS(C)(=O)=O)c(C)c2)ccc1OS(C)(=O)=O. The number of benzene rings is 4. The normalized spacial score (nSPS) is 12.2. The van der Waals surface area contributed by atoms with E-state index >= 15 is 0 Å². The van der Waals surface area contributed by atoms with E-state index in [4.69, 9.17) is 8.37 Å². The van der Waals surface area contributed by atoms with E-state index < -0.39 is 25.7 Å². The Morgan fingerprint density at radius 2 is 0.865 bits per heavy atom. The molecule has 4 aromatic rings. The maximum absolute atomic E-state index is 11.8. The van der Waals surface area contributed by atoms with Crippen LogP contribution in [0.4, 0.5) is 0 Å². The molecule has 0 radical (unpaired) electrons. The van der Waals surface area contributed by atoms with Crippen molar-refractivity contribution in [2.75, 3.05) is 12.5 Å². The number of rotatable bonds is 8. The van der Waals surface area contributed by atoms with Crippen LogP contribution in [-0.4, -0.2) is 29.3 Å². The van der Waals surface area contributed by atoms with Crippen molar-refractivity contribution in [1.82, 2.24) is 0 Å². The van der Waals surface area contributed by atoms with Gasteiger partial charge < -0.3 is 8.37 Å². The van der Waals surface area contributed by atoms with Gasteiger partial charge in [0, 0.05) is 0 Å². The van der Waals surface area contributed by atoms with Crippen LogP contribution >= 0.6 is 0 Å². The van der Waals surface area contributed by atoms with E-state index in [0.29, 0.717) is 11.1 Å². The molecule has 37 heavy (non-hydrogen) atoms. The second-order valence-corrected chi connectivity index (χ2v) is 12.2. The first kappa shape index (κ1) is 26.4. The molecule has 0 spiro atoms. The Morgan fingerprint density at radius 1 is 0.514 bits per heavy atom. The molecule has 0 aliphatic rings. The first-order chi connectivity index (χ1) is 17.4. The highest BCUT2D eigenvalue weighted by Gasteiger charge is 2.39. The van der Waals surface area contributed by atoms with Crippen LogP contribution in [0.25, 0.3) is 0 Å². The molecule has 0 unspecified atom stereocenters. The third kappa shape index (κ3) is 5.70. The molecule has 6 nitrogen and oxygen atoms in total. The van der Waals surface area contributed by atoms with Gasteiger partial charge in [-0.05, 0) is 59.4 Å². The minimum Gasteiger partial charge on any atom is -0.382 e. The Bertz CT molecular complexity index is 1500. The van der Waals surface area contributed by atoms with Crippen LogP contribution in [0.15, 0.2) is 97.1 Å². The summed E-state index contributed by atoms with van der Waals surface area (Å²) in [6.07, 6.45) is 2.03. The molecule has 0 atom stereocenters. The Balaban J connectivity index is 2.05. The molecule has 8 heteroatoms. The van der Waals surface area contributed by atoms with Crippen LogP contribution in [0.2, 0.25) is 0 Å². The summed E-state index contributed by atoms with van der Waals surface area (Å²) in [5.41, 5.74) is 4.24. The average molecular weight is 537 g/mol. The highest BCUT2D eigenvalue weighted by molar-refractivity contribution is 7.86. The third-order valence-electron chi connectivity index (χ3n) is 6.11. The number of hydrogen-bond donors (Lipinski definition) is 0. The second-order valence-electron chi connectivity index (χ2n) is 9.02. The lowest BCUT2D eigenvalue weighted by Crippen LogP contribution is -2.31. The van der Waals surface area contributed by atoms with Gasteiger partial charge in [-0.15, -0.1) is 0 Å². The smallest absolute Gasteiger partial charge is 0.306 e. The average Bonchev–Trinajstić information content (AvgIpc) is 2.83. The lowest BCUT2D eigenvalue weighted by Gasteiger charge is -2.37. The molecular weight excluding hydrogens is 508 g/mol. The van der Waals surface area contributed by atoms with Crippen molar-refractivity contribution in [2.24, 2.45) is 0 Å². The van der Waals surface area contributed by atoms with Gasteiger partial charge in [0.1, 0.15) is 11.5 Å². The zero-order valence-electron chi connectivity index (χ0n) is 21.0. The Kier molecular flexibility index (Phi) is 7.17. The monoisotopic (exact) mass is 536 g/mol. The van der Waals surface area contributed by atoms with Gasteiger partial charge in [0.2, 0.25) is 0 Å². The minimum atomic E-state index is -3.69. The van der Waals surface area contributed by atoms with E-state index in [2.05, 4.69) is 0 Å². The Labute approximate surface area is 218 Å². The van der Waals surface area contributed by atoms with Crippen molar-refractivity contribution in [3.63, 3.8) is 0 Å². The lowest BCUT2D eigenvalue weighted by atomic mass is 9.64. The van der Waals surface area contributed by atoms with Crippen LogP contribution in [0, 0.1) is 13.8 Å². The van der Waals surface area contributed by atoms with E-state index in [1.54, 1.807) is 26.0 Å². The van der Waals surface area contributed by atoms with Gasteiger partial charge in [-0.25, -0.2) is 0 Å². The van der Waals surface area contributed by atoms with Crippen molar-refractivity contribution in [2.45, 2.75) is 19.3 Å². The largest absolute Gasteiger partial charge is 0.382 e. The summed E-state index contributed by atoms with van der Waals surface area (Å²) >= 11 is 0. The fourth-order valence-corrected chi connectivity index (χ4v) is 5.68. The molecule has 192 valence electrons. The van der Waals surface area contributed by atoms with Gasteiger partial charge in [-0.2, -0.15) is 16.8 Å². The van der Waals surface area contributed by atoms with Gasteiger partial charge in [-0.1, -0.05) is 84.9 Å². The van der Waals surface area contributed by atoms with Crippen LogP contribution in [-0.2, 0) is 25.7 Å². The summed E-state index contributed by atoms with van der Waals surface area (Å²) in [5, 5.41) is 0. The van der Waals surface area contributed by atoms with Gasteiger partial charge in [0.15, 0.2) is 0 Å². The highest BCUT2D eigenvalue weighted by atomic mass is 32.2. The van der Waals surface area contributed by atoms with E-state index in [0.717, 1.165) is 34.8 Å². The molecule has 0 saturated carbocycles. The van der Waals surface area contributed by atoms with Crippen molar-refractivity contribution in [1.29, 1.82) is 0 Å². The Hall–Kier alpha value is -3.62.